The molecular formula is C27H24N6O. The van der Waals surface area contributed by atoms with Crippen LogP contribution in [0.1, 0.15) is 17.7 Å². The van der Waals surface area contributed by atoms with E-state index in [1.165, 1.54) is 5.57 Å². The first-order valence-corrected chi connectivity index (χ1v) is 11.4. The average Bonchev–Trinajstić information content (AvgIpc) is 3.52. The number of pyridine rings is 1. The Morgan fingerprint density at radius 1 is 1.09 bits per heavy atom. The topological polar surface area (TPSA) is 89.7 Å². The maximum absolute atomic E-state index is 12.7. The number of rotatable bonds is 5. The van der Waals surface area contributed by atoms with Crippen molar-refractivity contribution in [1.29, 1.82) is 0 Å². The van der Waals surface area contributed by atoms with E-state index in [1.807, 2.05) is 59.6 Å². The normalized spacial score (nSPS) is 13.9. The first-order chi connectivity index (χ1) is 16.7. The van der Waals surface area contributed by atoms with E-state index in [0.29, 0.717) is 13.0 Å². The summed E-state index contributed by atoms with van der Waals surface area (Å²) in [6.45, 7) is 1.34. The van der Waals surface area contributed by atoms with Crippen LogP contribution in [0.4, 0.5) is 11.4 Å². The van der Waals surface area contributed by atoms with Gasteiger partial charge in [0.25, 0.3) is 0 Å². The van der Waals surface area contributed by atoms with Crippen molar-refractivity contribution >= 4 is 44.8 Å². The van der Waals surface area contributed by atoms with Crippen molar-refractivity contribution in [2.75, 3.05) is 18.4 Å². The molecule has 0 unspecified atom stereocenters. The molecule has 1 aliphatic rings. The molecule has 1 aliphatic heterocycles. The maximum Gasteiger partial charge on any atom is 0.227 e. The smallest absolute Gasteiger partial charge is 0.227 e. The summed E-state index contributed by atoms with van der Waals surface area (Å²) >= 11 is 0. The molecule has 7 nitrogen and oxygen atoms in total. The van der Waals surface area contributed by atoms with E-state index in [2.05, 4.69) is 43.7 Å². The Morgan fingerprint density at radius 2 is 2.00 bits per heavy atom. The predicted octanol–water partition coefficient (Wildman–Crippen LogP) is 5.04. The summed E-state index contributed by atoms with van der Waals surface area (Å²) in [5, 5.41) is 12.7. The largest absolute Gasteiger partial charge is 0.355 e. The van der Waals surface area contributed by atoms with Gasteiger partial charge in [0.15, 0.2) is 0 Å². The molecule has 1 amide bonds. The summed E-state index contributed by atoms with van der Waals surface area (Å²) in [5.41, 5.74) is 7.16. The standard InChI is InChI=1S/C27H24N6O/c34-26(14-18-4-2-1-3-5-18)33-12-9-19(10-13-33)25-16-22-24(8-11-28-27(22)31-25)30-21-6-7-23-20(15-21)17-29-32-23/h1-9,11,15-17H,10,12-14H2,(H,29,32)(H2,28,30,31). The van der Waals surface area contributed by atoms with Gasteiger partial charge < -0.3 is 15.2 Å². The number of carbonyl (C=O) groups excluding carboxylic acids is 1. The van der Waals surface area contributed by atoms with Crippen LogP contribution < -0.4 is 5.32 Å². The number of aromatic amines is 2. The fourth-order valence-corrected chi connectivity index (χ4v) is 4.51. The monoisotopic (exact) mass is 448 g/mol. The molecular weight excluding hydrogens is 424 g/mol. The number of benzene rings is 2. The lowest BCUT2D eigenvalue weighted by atomic mass is 10.0. The molecule has 0 radical (unpaired) electrons. The number of anilines is 2. The zero-order valence-corrected chi connectivity index (χ0v) is 18.6. The van der Waals surface area contributed by atoms with E-state index in [9.17, 15) is 4.79 Å². The molecule has 0 spiro atoms. The Bertz CT molecular complexity index is 1510. The van der Waals surface area contributed by atoms with Gasteiger partial charge in [-0.25, -0.2) is 4.98 Å². The van der Waals surface area contributed by atoms with Crippen LogP contribution in [0, 0.1) is 0 Å². The van der Waals surface area contributed by atoms with Gasteiger partial charge in [-0.2, -0.15) is 5.10 Å². The Balaban J connectivity index is 1.20. The molecule has 5 aromatic rings. The minimum Gasteiger partial charge on any atom is -0.355 e. The van der Waals surface area contributed by atoms with Crippen LogP contribution in [0.25, 0.3) is 27.5 Å². The quantitative estimate of drug-likeness (QED) is 0.351. The van der Waals surface area contributed by atoms with Crippen LogP contribution in [0.5, 0.6) is 0 Å². The summed E-state index contributed by atoms with van der Waals surface area (Å²) in [7, 11) is 0. The first kappa shape index (κ1) is 20.2. The Kier molecular flexibility index (Phi) is 5.07. The summed E-state index contributed by atoms with van der Waals surface area (Å²) in [6.07, 6.45) is 7.03. The highest BCUT2D eigenvalue weighted by Gasteiger charge is 2.19. The highest BCUT2D eigenvalue weighted by Crippen LogP contribution is 2.31. The number of hydrogen-bond acceptors (Lipinski definition) is 4. The molecule has 6 rings (SSSR count). The van der Waals surface area contributed by atoms with Gasteiger partial charge in [-0.05, 0) is 47.9 Å². The molecule has 7 heteroatoms. The third-order valence-corrected chi connectivity index (χ3v) is 6.36. The molecule has 0 fully saturated rings. The van der Waals surface area contributed by atoms with E-state index in [-0.39, 0.29) is 5.91 Å². The van der Waals surface area contributed by atoms with Crippen molar-refractivity contribution in [1.82, 2.24) is 25.1 Å². The lowest BCUT2D eigenvalue weighted by Crippen LogP contribution is -2.35. The van der Waals surface area contributed by atoms with Gasteiger partial charge >= 0.3 is 0 Å². The van der Waals surface area contributed by atoms with E-state index >= 15 is 0 Å². The van der Waals surface area contributed by atoms with Gasteiger partial charge in [0, 0.05) is 41.4 Å². The van der Waals surface area contributed by atoms with E-state index in [0.717, 1.165) is 57.5 Å². The molecule has 0 saturated carbocycles. The third kappa shape index (κ3) is 3.92. The van der Waals surface area contributed by atoms with Crippen LogP contribution in [0.15, 0.2) is 79.1 Å². The number of amides is 1. The van der Waals surface area contributed by atoms with Crippen molar-refractivity contribution in [2.45, 2.75) is 12.8 Å². The Morgan fingerprint density at radius 3 is 2.85 bits per heavy atom. The van der Waals surface area contributed by atoms with Gasteiger partial charge in [-0.15, -0.1) is 0 Å². The van der Waals surface area contributed by atoms with Crippen LogP contribution >= 0.6 is 0 Å². The second-order valence-electron chi connectivity index (χ2n) is 8.58. The zero-order valence-electron chi connectivity index (χ0n) is 18.6. The fourth-order valence-electron chi connectivity index (χ4n) is 4.51. The maximum atomic E-state index is 12.7. The molecule has 0 saturated heterocycles. The fraction of sp³-hybridized carbons (Fsp3) is 0.148. The molecule has 0 atom stereocenters. The molecule has 168 valence electrons. The first-order valence-electron chi connectivity index (χ1n) is 11.4. The summed E-state index contributed by atoms with van der Waals surface area (Å²) in [5.74, 6) is 0.167. The zero-order chi connectivity index (χ0) is 22.9. The number of nitrogens with one attached hydrogen (secondary N) is 3. The van der Waals surface area contributed by atoms with E-state index in [4.69, 9.17) is 0 Å². The van der Waals surface area contributed by atoms with Gasteiger partial charge in [-0.3, -0.25) is 9.89 Å². The molecule has 0 bridgehead atoms. The Labute approximate surface area is 196 Å². The van der Waals surface area contributed by atoms with Crippen molar-refractivity contribution in [2.24, 2.45) is 0 Å². The van der Waals surface area contributed by atoms with Gasteiger partial charge in [0.1, 0.15) is 5.65 Å². The van der Waals surface area contributed by atoms with Gasteiger partial charge in [0.2, 0.25) is 5.91 Å². The predicted molar refractivity (Wildman–Crippen MR) is 135 cm³/mol. The van der Waals surface area contributed by atoms with Crippen LogP contribution in [0.3, 0.4) is 0 Å². The lowest BCUT2D eigenvalue weighted by molar-refractivity contribution is -0.130. The van der Waals surface area contributed by atoms with Crippen molar-refractivity contribution in [3.63, 3.8) is 0 Å². The summed E-state index contributed by atoms with van der Waals surface area (Å²) in [4.78, 5) is 22.6. The molecule has 3 aromatic heterocycles. The highest BCUT2D eigenvalue weighted by molar-refractivity contribution is 5.95. The third-order valence-electron chi connectivity index (χ3n) is 6.36. The number of aromatic nitrogens is 4. The average molecular weight is 449 g/mol. The van der Waals surface area contributed by atoms with E-state index in [1.54, 1.807) is 6.20 Å². The van der Waals surface area contributed by atoms with E-state index < -0.39 is 0 Å². The second kappa shape index (κ2) is 8.51. The lowest BCUT2D eigenvalue weighted by Gasteiger charge is -2.26. The second-order valence-corrected chi connectivity index (χ2v) is 8.58. The van der Waals surface area contributed by atoms with Crippen molar-refractivity contribution in [3.05, 3.63) is 90.4 Å². The number of fused-ring (bicyclic) bond motifs is 2. The number of H-pyrrole nitrogens is 2. The minimum atomic E-state index is 0.167. The van der Waals surface area contributed by atoms with Crippen LogP contribution in [0.2, 0.25) is 0 Å². The van der Waals surface area contributed by atoms with Crippen LogP contribution in [-0.4, -0.2) is 44.1 Å². The summed E-state index contributed by atoms with van der Waals surface area (Å²) < 4.78 is 0. The molecule has 3 N–H and O–H groups in total. The van der Waals surface area contributed by atoms with Crippen LogP contribution in [-0.2, 0) is 11.2 Å². The highest BCUT2D eigenvalue weighted by atomic mass is 16.2. The molecule has 0 aliphatic carbocycles. The molecule has 4 heterocycles. The van der Waals surface area contributed by atoms with Gasteiger partial charge in [-0.1, -0.05) is 36.4 Å². The SMILES string of the molecule is O=C(Cc1ccccc1)N1CC=C(c2cc3c(Nc4ccc5[nH]ncc5c4)ccnc3[nH]2)CC1. The molecule has 2 aromatic carbocycles. The summed E-state index contributed by atoms with van der Waals surface area (Å²) in [6, 6.07) is 20.2. The van der Waals surface area contributed by atoms with Crippen molar-refractivity contribution < 1.29 is 4.79 Å². The van der Waals surface area contributed by atoms with Crippen molar-refractivity contribution in [3.8, 4) is 0 Å². The number of carbonyl (C=O) groups is 1. The minimum absolute atomic E-state index is 0.167. The number of nitrogens with zero attached hydrogens (tertiary/aromatic N) is 3. The Hall–Kier alpha value is -4.39. The molecule has 34 heavy (non-hydrogen) atoms. The number of hydrogen-bond donors (Lipinski definition) is 3. The van der Waals surface area contributed by atoms with Gasteiger partial charge in [0.05, 0.1) is 23.8 Å².